The molecule has 0 radical (unpaired) electrons. The number of carbonyl (C=O) groups excluding carboxylic acids is 1. The van der Waals surface area contributed by atoms with Crippen molar-refractivity contribution in [1.29, 1.82) is 0 Å². The number of halogens is 1. The number of hydrogen-bond donors (Lipinski definition) is 0. The van der Waals surface area contributed by atoms with Crippen LogP contribution >= 0.6 is 22.6 Å². The summed E-state index contributed by atoms with van der Waals surface area (Å²) in [6, 6.07) is 8.67. The van der Waals surface area contributed by atoms with Gasteiger partial charge in [-0.3, -0.25) is 9.69 Å². The lowest BCUT2D eigenvalue weighted by Crippen LogP contribution is -2.49. The monoisotopic (exact) mass is 356 g/mol. The minimum atomic E-state index is 0.184. The van der Waals surface area contributed by atoms with Crippen molar-refractivity contribution in [3.05, 3.63) is 33.4 Å². The predicted molar refractivity (Wildman–Crippen MR) is 79.7 cm³/mol. The average Bonchev–Trinajstić information content (AvgIpc) is 3.22. The molecule has 3 nitrogen and oxygen atoms in total. The van der Waals surface area contributed by atoms with Gasteiger partial charge in [-0.1, -0.05) is 6.07 Å². The molecule has 0 unspecified atom stereocenters. The molecule has 4 heteroatoms. The lowest BCUT2D eigenvalue weighted by Gasteiger charge is -2.34. The molecule has 0 N–H and O–H groups in total. The van der Waals surface area contributed by atoms with Gasteiger partial charge in [0.05, 0.1) is 0 Å². The van der Waals surface area contributed by atoms with Crippen LogP contribution in [0.3, 0.4) is 0 Å². The quantitative estimate of drug-likeness (QED) is 0.759. The van der Waals surface area contributed by atoms with Crippen LogP contribution in [0.1, 0.15) is 23.2 Å². The number of carbonyl (C=O) groups is 1. The Balaban J connectivity index is 1.63. The Labute approximate surface area is 121 Å². The molecule has 1 aliphatic heterocycles. The molecule has 0 aromatic heterocycles. The molecule has 0 atom stereocenters. The molecular formula is C14H17IN2O. The molecule has 1 saturated carbocycles. The first-order valence-electron chi connectivity index (χ1n) is 6.53. The molecule has 2 fully saturated rings. The summed E-state index contributed by atoms with van der Waals surface area (Å²) in [5.74, 6) is 0.184. The van der Waals surface area contributed by atoms with Crippen LogP contribution in [0, 0.1) is 3.57 Å². The third-order valence-corrected chi connectivity index (χ3v) is 4.41. The fourth-order valence-electron chi connectivity index (χ4n) is 2.53. The average molecular weight is 356 g/mol. The zero-order valence-corrected chi connectivity index (χ0v) is 12.5. The Morgan fingerprint density at radius 3 is 2.50 bits per heavy atom. The highest BCUT2D eigenvalue weighted by Gasteiger charge is 2.32. The smallest absolute Gasteiger partial charge is 0.253 e. The van der Waals surface area contributed by atoms with E-state index in [4.69, 9.17) is 0 Å². The van der Waals surface area contributed by atoms with E-state index in [-0.39, 0.29) is 5.91 Å². The summed E-state index contributed by atoms with van der Waals surface area (Å²) in [5.41, 5.74) is 0.821. The summed E-state index contributed by atoms with van der Waals surface area (Å²) in [7, 11) is 0. The Hall–Kier alpha value is -0.620. The number of nitrogens with zero attached hydrogens (tertiary/aromatic N) is 2. The molecule has 1 aliphatic carbocycles. The van der Waals surface area contributed by atoms with Crippen molar-refractivity contribution in [2.75, 3.05) is 26.2 Å². The molecule has 1 aromatic rings. The first-order chi connectivity index (χ1) is 8.74. The second-order valence-electron chi connectivity index (χ2n) is 5.07. The maximum Gasteiger partial charge on any atom is 0.253 e. The largest absolute Gasteiger partial charge is 0.336 e. The molecule has 18 heavy (non-hydrogen) atoms. The zero-order chi connectivity index (χ0) is 12.5. The Morgan fingerprint density at radius 2 is 1.89 bits per heavy atom. The van der Waals surface area contributed by atoms with Crippen LogP contribution in [0.25, 0.3) is 0 Å². The van der Waals surface area contributed by atoms with Crippen LogP contribution in [0.15, 0.2) is 24.3 Å². The van der Waals surface area contributed by atoms with Gasteiger partial charge in [0.25, 0.3) is 5.91 Å². The Morgan fingerprint density at radius 1 is 1.17 bits per heavy atom. The van der Waals surface area contributed by atoms with Gasteiger partial charge in [-0.05, 0) is 53.6 Å². The van der Waals surface area contributed by atoms with Crippen LogP contribution in [0.4, 0.5) is 0 Å². The predicted octanol–water partition coefficient (Wildman–Crippen LogP) is 2.21. The van der Waals surface area contributed by atoms with E-state index in [9.17, 15) is 4.79 Å². The van der Waals surface area contributed by atoms with Gasteiger partial charge in [0.15, 0.2) is 0 Å². The summed E-state index contributed by atoms with van der Waals surface area (Å²) < 4.78 is 1.12. The molecule has 0 bridgehead atoms. The second kappa shape index (κ2) is 5.17. The van der Waals surface area contributed by atoms with Gasteiger partial charge in [0, 0.05) is 41.4 Å². The third-order valence-electron chi connectivity index (χ3n) is 3.74. The lowest BCUT2D eigenvalue weighted by molar-refractivity contribution is 0.0627. The molecular weight excluding hydrogens is 339 g/mol. The van der Waals surface area contributed by atoms with Gasteiger partial charge in [-0.2, -0.15) is 0 Å². The van der Waals surface area contributed by atoms with E-state index < -0.39 is 0 Å². The van der Waals surface area contributed by atoms with Crippen LogP contribution in [0.5, 0.6) is 0 Å². The summed E-state index contributed by atoms with van der Waals surface area (Å²) in [6.45, 7) is 3.84. The van der Waals surface area contributed by atoms with Gasteiger partial charge in [-0.25, -0.2) is 0 Å². The molecule has 3 rings (SSSR count). The number of rotatable bonds is 2. The second-order valence-corrected chi connectivity index (χ2v) is 6.32. The van der Waals surface area contributed by atoms with E-state index in [1.54, 1.807) is 0 Å². The van der Waals surface area contributed by atoms with E-state index >= 15 is 0 Å². The first-order valence-corrected chi connectivity index (χ1v) is 7.61. The molecule has 1 amide bonds. The van der Waals surface area contributed by atoms with E-state index in [0.717, 1.165) is 41.4 Å². The van der Waals surface area contributed by atoms with Gasteiger partial charge in [-0.15, -0.1) is 0 Å². The Kier molecular flexibility index (Phi) is 3.56. The highest BCUT2D eigenvalue weighted by atomic mass is 127. The maximum absolute atomic E-state index is 12.3. The standard InChI is InChI=1S/C14H17IN2O/c15-12-3-1-2-11(10-12)14(18)17-8-6-16(7-9-17)13-4-5-13/h1-3,10,13H,4-9H2. The highest BCUT2D eigenvalue weighted by Crippen LogP contribution is 2.27. The first kappa shape index (κ1) is 12.4. The number of hydrogen-bond acceptors (Lipinski definition) is 2. The molecule has 1 heterocycles. The fraction of sp³-hybridized carbons (Fsp3) is 0.500. The molecule has 1 saturated heterocycles. The van der Waals surface area contributed by atoms with Crippen molar-refractivity contribution in [3.63, 3.8) is 0 Å². The van der Waals surface area contributed by atoms with Crippen LogP contribution in [0.2, 0.25) is 0 Å². The number of benzene rings is 1. The topological polar surface area (TPSA) is 23.6 Å². The molecule has 2 aliphatic rings. The molecule has 96 valence electrons. The number of piperazine rings is 1. The van der Waals surface area contributed by atoms with Crippen LogP contribution in [-0.4, -0.2) is 47.9 Å². The van der Waals surface area contributed by atoms with E-state index in [2.05, 4.69) is 27.5 Å². The van der Waals surface area contributed by atoms with E-state index in [1.807, 2.05) is 29.2 Å². The van der Waals surface area contributed by atoms with Crippen molar-refractivity contribution < 1.29 is 4.79 Å². The number of amides is 1. The van der Waals surface area contributed by atoms with Gasteiger partial charge >= 0.3 is 0 Å². The van der Waals surface area contributed by atoms with E-state index in [0.29, 0.717) is 0 Å². The third kappa shape index (κ3) is 2.69. The molecule has 0 spiro atoms. The SMILES string of the molecule is O=C(c1cccc(I)c1)N1CCN(C2CC2)CC1. The van der Waals surface area contributed by atoms with Crippen LogP contribution < -0.4 is 0 Å². The Bertz CT molecular complexity index is 451. The van der Waals surface area contributed by atoms with Crippen molar-refractivity contribution >= 4 is 28.5 Å². The fourth-order valence-corrected chi connectivity index (χ4v) is 3.08. The van der Waals surface area contributed by atoms with Gasteiger partial charge < -0.3 is 4.90 Å². The molecule has 1 aromatic carbocycles. The minimum absolute atomic E-state index is 0.184. The minimum Gasteiger partial charge on any atom is -0.336 e. The maximum atomic E-state index is 12.3. The summed E-state index contributed by atoms with van der Waals surface area (Å²) in [6.07, 6.45) is 2.70. The zero-order valence-electron chi connectivity index (χ0n) is 10.3. The highest BCUT2D eigenvalue weighted by molar-refractivity contribution is 14.1. The van der Waals surface area contributed by atoms with Gasteiger partial charge in [0.1, 0.15) is 0 Å². The normalized spacial score (nSPS) is 21.1. The summed E-state index contributed by atoms with van der Waals surface area (Å²) >= 11 is 2.25. The van der Waals surface area contributed by atoms with Crippen molar-refractivity contribution in [2.45, 2.75) is 18.9 Å². The van der Waals surface area contributed by atoms with E-state index in [1.165, 1.54) is 12.8 Å². The van der Waals surface area contributed by atoms with Gasteiger partial charge in [0.2, 0.25) is 0 Å². The van der Waals surface area contributed by atoms with Crippen molar-refractivity contribution in [1.82, 2.24) is 9.80 Å². The summed E-state index contributed by atoms with van der Waals surface area (Å²) in [5, 5.41) is 0. The van der Waals surface area contributed by atoms with Crippen molar-refractivity contribution in [2.24, 2.45) is 0 Å². The lowest BCUT2D eigenvalue weighted by atomic mass is 10.2. The van der Waals surface area contributed by atoms with Crippen molar-refractivity contribution in [3.8, 4) is 0 Å². The van der Waals surface area contributed by atoms with Crippen LogP contribution in [-0.2, 0) is 0 Å². The summed E-state index contributed by atoms with van der Waals surface area (Å²) in [4.78, 5) is 16.9.